The summed E-state index contributed by atoms with van der Waals surface area (Å²) in [5.41, 5.74) is 0.623. The summed E-state index contributed by atoms with van der Waals surface area (Å²) in [7, 11) is 0. The van der Waals surface area contributed by atoms with Gasteiger partial charge in [0.25, 0.3) is 11.6 Å². The summed E-state index contributed by atoms with van der Waals surface area (Å²) in [6.07, 6.45) is -2.28. The van der Waals surface area contributed by atoms with Crippen molar-refractivity contribution in [2.24, 2.45) is 11.8 Å². The van der Waals surface area contributed by atoms with Gasteiger partial charge in [0, 0.05) is 12.1 Å². The highest BCUT2D eigenvalue weighted by Crippen LogP contribution is 2.40. The lowest BCUT2D eigenvalue weighted by Gasteiger charge is -2.10. The van der Waals surface area contributed by atoms with Crippen LogP contribution in [0.1, 0.15) is 41.4 Å². The molecule has 2 aromatic heterocycles. The number of rotatable bonds is 5. The number of hydrogen-bond donors (Lipinski definition) is 1. The van der Waals surface area contributed by atoms with E-state index in [1.54, 1.807) is 6.92 Å². The van der Waals surface area contributed by atoms with E-state index in [1.165, 1.54) is 18.2 Å². The molecule has 29 heavy (non-hydrogen) atoms. The third kappa shape index (κ3) is 3.83. The summed E-state index contributed by atoms with van der Waals surface area (Å²) in [6, 6.07) is 6.34. The minimum atomic E-state index is -4.47. The molecule has 4 rings (SSSR count). The quantitative estimate of drug-likeness (QED) is 0.652. The number of pyridine rings is 1. The highest BCUT2D eigenvalue weighted by molar-refractivity contribution is 6.07. The molecule has 0 saturated heterocycles. The Kier molecular flexibility index (Phi) is 4.80. The molecule has 1 aromatic carbocycles. The Balaban J connectivity index is 1.71. The summed E-state index contributed by atoms with van der Waals surface area (Å²) in [5.74, 6) is 0.817. The first-order valence-electron chi connectivity index (χ1n) is 9.50. The van der Waals surface area contributed by atoms with Gasteiger partial charge < -0.3 is 9.84 Å². The number of carbonyl (C=O) groups excluding carboxylic acids is 1. The molecule has 1 amide bonds. The van der Waals surface area contributed by atoms with Gasteiger partial charge in [-0.05, 0) is 43.4 Å². The fourth-order valence-electron chi connectivity index (χ4n) is 3.66. The first kappa shape index (κ1) is 19.4. The lowest BCUT2D eigenvalue weighted by atomic mass is 10.0. The summed E-state index contributed by atoms with van der Waals surface area (Å²) in [6.45, 7) is 4.40. The highest BCUT2D eigenvalue weighted by atomic mass is 19.4. The molecular weight excluding hydrogens is 383 g/mol. The minimum Gasteiger partial charge on any atom is -0.352 e. The van der Waals surface area contributed by atoms with Crippen LogP contribution in [0, 0.1) is 18.8 Å². The maximum Gasteiger partial charge on any atom is 0.416 e. The van der Waals surface area contributed by atoms with Crippen LogP contribution in [0.15, 0.2) is 34.9 Å². The molecule has 0 spiro atoms. The third-order valence-corrected chi connectivity index (χ3v) is 5.47. The Bertz CT molecular complexity index is 1070. The molecule has 1 saturated carbocycles. The van der Waals surface area contributed by atoms with Crippen molar-refractivity contribution in [3.63, 3.8) is 0 Å². The number of carbonyl (C=O) groups is 1. The van der Waals surface area contributed by atoms with Crippen molar-refractivity contribution in [3.8, 4) is 11.3 Å². The Morgan fingerprint density at radius 1 is 1.28 bits per heavy atom. The lowest BCUT2D eigenvalue weighted by Crippen LogP contribution is -2.26. The fourth-order valence-corrected chi connectivity index (χ4v) is 3.66. The number of benzene rings is 1. The van der Waals surface area contributed by atoms with Crippen LogP contribution >= 0.6 is 0 Å². The van der Waals surface area contributed by atoms with E-state index in [1.807, 2.05) is 0 Å². The molecule has 1 aliphatic carbocycles. The van der Waals surface area contributed by atoms with Gasteiger partial charge in [-0.15, -0.1) is 0 Å². The van der Waals surface area contributed by atoms with Gasteiger partial charge in [-0.2, -0.15) is 13.2 Å². The predicted octanol–water partition coefficient (Wildman–Crippen LogP) is 4.99. The Morgan fingerprint density at radius 2 is 2.07 bits per heavy atom. The second-order valence-electron chi connectivity index (χ2n) is 7.46. The number of nitrogens with zero attached hydrogens (tertiary/aromatic N) is 2. The van der Waals surface area contributed by atoms with E-state index in [4.69, 9.17) is 4.52 Å². The third-order valence-electron chi connectivity index (χ3n) is 5.47. The van der Waals surface area contributed by atoms with Gasteiger partial charge in [-0.3, -0.25) is 4.79 Å². The highest BCUT2D eigenvalue weighted by Gasteiger charge is 2.35. The Hall–Kier alpha value is -2.90. The second-order valence-corrected chi connectivity index (χ2v) is 7.46. The monoisotopic (exact) mass is 403 g/mol. The van der Waals surface area contributed by atoms with E-state index >= 15 is 0 Å². The normalized spacial score (nSPS) is 18.8. The maximum absolute atomic E-state index is 13.1. The van der Waals surface area contributed by atoms with E-state index < -0.39 is 11.7 Å². The predicted molar refractivity (Wildman–Crippen MR) is 101 cm³/mol. The maximum atomic E-state index is 13.1. The molecule has 0 aliphatic heterocycles. The van der Waals surface area contributed by atoms with Crippen LogP contribution in [-0.2, 0) is 6.18 Å². The van der Waals surface area contributed by atoms with Crippen molar-refractivity contribution in [3.05, 3.63) is 47.2 Å². The molecule has 8 heteroatoms. The number of halogens is 3. The van der Waals surface area contributed by atoms with Crippen LogP contribution in [0.5, 0.6) is 0 Å². The molecule has 5 nitrogen and oxygen atoms in total. The minimum absolute atomic E-state index is 0.125. The number of fused-ring (bicyclic) bond motifs is 1. The molecule has 1 N–H and O–H groups in total. The van der Waals surface area contributed by atoms with Crippen molar-refractivity contribution in [2.45, 2.75) is 32.9 Å². The van der Waals surface area contributed by atoms with E-state index in [2.05, 4.69) is 22.4 Å². The topological polar surface area (TPSA) is 68.0 Å². The smallest absolute Gasteiger partial charge is 0.352 e. The Labute approximate surface area is 165 Å². The van der Waals surface area contributed by atoms with E-state index in [0.717, 1.165) is 25.0 Å². The molecule has 152 valence electrons. The SMILES string of the molecule is CC[C@@H]1C[C@H]1CNC(=O)c1cc(-c2cccc(C(F)(F)F)c2)nc2onc(C)c12. The van der Waals surface area contributed by atoms with Crippen molar-refractivity contribution in [1.29, 1.82) is 0 Å². The molecule has 0 bridgehead atoms. The lowest BCUT2D eigenvalue weighted by molar-refractivity contribution is -0.137. The molecule has 1 fully saturated rings. The molecule has 3 aromatic rings. The number of aryl methyl sites for hydroxylation is 1. The van der Waals surface area contributed by atoms with E-state index in [0.29, 0.717) is 35.0 Å². The van der Waals surface area contributed by atoms with Crippen molar-refractivity contribution in [1.82, 2.24) is 15.5 Å². The summed E-state index contributed by atoms with van der Waals surface area (Å²) < 4.78 is 44.4. The van der Waals surface area contributed by atoms with E-state index in [9.17, 15) is 18.0 Å². The van der Waals surface area contributed by atoms with Crippen LogP contribution in [0.3, 0.4) is 0 Å². The second kappa shape index (κ2) is 7.17. The summed E-state index contributed by atoms with van der Waals surface area (Å²) in [4.78, 5) is 17.1. The van der Waals surface area contributed by atoms with Gasteiger partial charge in [0.2, 0.25) is 0 Å². The molecule has 0 radical (unpaired) electrons. The molecular formula is C21H20F3N3O2. The number of amides is 1. The Morgan fingerprint density at radius 3 is 2.76 bits per heavy atom. The summed E-state index contributed by atoms with van der Waals surface area (Å²) in [5, 5.41) is 7.27. The van der Waals surface area contributed by atoms with Gasteiger partial charge in [-0.25, -0.2) is 4.98 Å². The van der Waals surface area contributed by atoms with Gasteiger partial charge in [-0.1, -0.05) is 30.6 Å². The number of hydrogen-bond acceptors (Lipinski definition) is 4. The zero-order valence-electron chi connectivity index (χ0n) is 16.0. The molecule has 2 atom stereocenters. The zero-order valence-corrected chi connectivity index (χ0v) is 16.0. The molecule has 0 unspecified atom stereocenters. The van der Waals surface area contributed by atoms with Gasteiger partial charge in [0.05, 0.1) is 27.9 Å². The van der Waals surface area contributed by atoms with Crippen LogP contribution < -0.4 is 5.32 Å². The number of alkyl halides is 3. The fraction of sp³-hybridized carbons (Fsp3) is 0.381. The average Bonchev–Trinajstić information content (AvgIpc) is 3.38. The standard InChI is InChI=1S/C21H20F3N3O2/c1-3-12-7-14(12)10-25-19(28)16-9-17(26-20-18(16)11(2)27-29-20)13-5-4-6-15(8-13)21(22,23)24/h4-6,8-9,12,14H,3,7,10H2,1-2H3,(H,25,28)/t12-,14+/m1/s1. The first-order chi connectivity index (χ1) is 13.8. The number of nitrogens with one attached hydrogen (secondary N) is 1. The van der Waals surface area contributed by atoms with Crippen molar-refractivity contribution >= 4 is 17.0 Å². The van der Waals surface area contributed by atoms with Gasteiger partial charge in [0.1, 0.15) is 0 Å². The van der Waals surface area contributed by atoms with Crippen molar-refractivity contribution in [2.75, 3.05) is 6.54 Å². The molecule has 1 aliphatic rings. The number of aromatic nitrogens is 2. The van der Waals surface area contributed by atoms with Gasteiger partial charge >= 0.3 is 6.18 Å². The zero-order chi connectivity index (χ0) is 20.8. The van der Waals surface area contributed by atoms with Crippen LogP contribution in [0.2, 0.25) is 0 Å². The van der Waals surface area contributed by atoms with Crippen LogP contribution in [-0.4, -0.2) is 22.6 Å². The largest absolute Gasteiger partial charge is 0.416 e. The van der Waals surface area contributed by atoms with E-state index in [-0.39, 0.29) is 22.9 Å². The van der Waals surface area contributed by atoms with Crippen molar-refractivity contribution < 1.29 is 22.5 Å². The van der Waals surface area contributed by atoms with Gasteiger partial charge in [0.15, 0.2) is 0 Å². The average molecular weight is 403 g/mol. The van der Waals surface area contributed by atoms with Crippen LogP contribution in [0.4, 0.5) is 13.2 Å². The first-order valence-corrected chi connectivity index (χ1v) is 9.50. The molecule has 2 heterocycles. The van der Waals surface area contributed by atoms with Crippen LogP contribution in [0.25, 0.3) is 22.4 Å². The summed E-state index contributed by atoms with van der Waals surface area (Å²) >= 11 is 0.